The van der Waals surface area contributed by atoms with E-state index in [1.165, 1.54) is 4.90 Å². The summed E-state index contributed by atoms with van der Waals surface area (Å²) >= 11 is 11.9. The van der Waals surface area contributed by atoms with E-state index in [0.29, 0.717) is 27.3 Å². The van der Waals surface area contributed by atoms with Gasteiger partial charge in [0.2, 0.25) is 11.7 Å². The second-order valence-electron chi connectivity index (χ2n) is 5.16. The average Bonchev–Trinajstić information content (AvgIpc) is 3.04. The van der Waals surface area contributed by atoms with Crippen LogP contribution in [0.25, 0.3) is 11.4 Å². The summed E-state index contributed by atoms with van der Waals surface area (Å²) in [4.78, 5) is 18.2. The third kappa shape index (κ3) is 3.58. The predicted octanol–water partition coefficient (Wildman–Crippen LogP) is 4.32. The Morgan fingerprint density at radius 2 is 1.83 bits per heavy atom. The number of carbonyl (C=O) groups excluding carboxylic acids is 1. The number of hydrogen-bond donors (Lipinski definition) is 0. The minimum Gasteiger partial charge on any atom is -0.337 e. The molecule has 0 radical (unpaired) electrons. The first kappa shape index (κ1) is 16.5. The first-order chi connectivity index (χ1) is 11.5. The lowest BCUT2D eigenvalue weighted by Gasteiger charge is -2.15. The quantitative estimate of drug-likeness (QED) is 0.694. The van der Waals surface area contributed by atoms with E-state index in [9.17, 15) is 4.79 Å². The summed E-state index contributed by atoms with van der Waals surface area (Å²) in [6.07, 6.45) is 0. The Balaban J connectivity index is 1.73. The number of rotatable bonds is 4. The van der Waals surface area contributed by atoms with Crippen molar-refractivity contribution >= 4 is 29.1 Å². The molecule has 24 heavy (non-hydrogen) atoms. The van der Waals surface area contributed by atoms with E-state index in [1.54, 1.807) is 55.6 Å². The number of benzene rings is 2. The smallest absolute Gasteiger partial charge is 0.255 e. The molecule has 0 saturated carbocycles. The molecule has 0 spiro atoms. The molecule has 1 aromatic heterocycles. The average molecular weight is 362 g/mol. The highest BCUT2D eigenvalue weighted by Crippen LogP contribution is 2.20. The van der Waals surface area contributed by atoms with Crippen molar-refractivity contribution in [3.05, 3.63) is 70.0 Å². The van der Waals surface area contributed by atoms with Crippen molar-refractivity contribution < 1.29 is 9.32 Å². The number of hydrogen-bond acceptors (Lipinski definition) is 4. The van der Waals surface area contributed by atoms with Gasteiger partial charge in [-0.3, -0.25) is 4.79 Å². The van der Waals surface area contributed by atoms with Gasteiger partial charge in [-0.25, -0.2) is 0 Å². The topological polar surface area (TPSA) is 59.2 Å². The maximum absolute atomic E-state index is 12.4. The highest BCUT2D eigenvalue weighted by molar-refractivity contribution is 6.33. The lowest BCUT2D eigenvalue weighted by atomic mass is 10.2. The molecule has 0 N–H and O–H groups in total. The van der Waals surface area contributed by atoms with Gasteiger partial charge in [0.25, 0.3) is 5.91 Å². The van der Waals surface area contributed by atoms with Crippen molar-refractivity contribution in [2.24, 2.45) is 0 Å². The van der Waals surface area contributed by atoms with E-state index < -0.39 is 0 Å². The minimum absolute atomic E-state index is 0.185. The number of carbonyl (C=O) groups is 1. The fourth-order valence-electron chi connectivity index (χ4n) is 2.15. The number of aromatic nitrogens is 2. The van der Waals surface area contributed by atoms with E-state index in [4.69, 9.17) is 27.7 Å². The second kappa shape index (κ2) is 7.03. The van der Waals surface area contributed by atoms with E-state index >= 15 is 0 Å². The number of nitrogens with zero attached hydrogens (tertiary/aromatic N) is 3. The molecule has 122 valence electrons. The molecule has 2 aromatic carbocycles. The van der Waals surface area contributed by atoms with Gasteiger partial charge in [-0.05, 0) is 36.4 Å². The van der Waals surface area contributed by atoms with Crippen LogP contribution in [0.2, 0.25) is 10.0 Å². The monoisotopic (exact) mass is 361 g/mol. The Labute approximate surface area is 148 Å². The van der Waals surface area contributed by atoms with Crippen molar-refractivity contribution in [3.63, 3.8) is 0 Å². The Kier molecular flexibility index (Phi) is 4.83. The lowest BCUT2D eigenvalue weighted by molar-refractivity contribution is 0.0770. The predicted molar refractivity (Wildman–Crippen MR) is 92.0 cm³/mol. The van der Waals surface area contributed by atoms with Crippen LogP contribution in [0, 0.1) is 0 Å². The molecule has 5 nitrogen and oxygen atoms in total. The molecule has 0 aliphatic carbocycles. The summed E-state index contributed by atoms with van der Waals surface area (Å²) < 4.78 is 5.22. The van der Waals surface area contributed by atoms with Crippen LogP contribution >= 0.6 is 23.2 Å². The molecule has 3 rings (SSSR count). The molecular formula is C17H13Cl2N3O2. The highest BCUT2D eigenvalue weighted by atomic mass is 35.5. The second-order valence-corrected chi connectivity index (χ2v) is 6.00. The zero-order chi connectivity index (χ0) is 17.1. The molecule has 0 aliphatic heterocycles. The van der Waals surface area contributed by atoms with Crippen molar-refractivity contribution in [3.8, 4) is 11.4 Å². The third-order valence-corrected chi connectivity index (χ3v) is 3.98. The van der Waals surface area contributed by atoms with Crippen LogP contribution in [-0.4, -0.2) is 28.0 Å². The molecular weight excluding hydrogens is 349 g/mol. The van der Waals surface area contributed by atoms with Crippen LogP contribution in [0.15, 0.2) is 53.1 Å². The van der Waals surface area contributed by atoms with E-state index in [0.717, 1.165) is 5.56 Å². The molecule has 0 bridgehead atoms. The van der Waals surface area contributed by atoms with Crippen LogP contribution in [-0.2, 0) is 6.54 Å². The molecule has 0 fully saturated rings. The van der Waals surface area contributed by atoms with Crippen LogP contribution < -0.4 is 0 Å². The molecule has 0 saturated heterocycles. The fraction of sp³-hybridized carbons (Fsp3) is 0.118. The van der Waals surface area contributed by atoms with Crippen molar-refractivity contribution in [2.45, 2.75) is 6.54 Å². The van der Waals surface area contributed by atoms with Gasteiger partial charge in [-0.1, -0.05) is 40.5 Å². The first-order valence-electron chi connectivity index (χ1n) is 7.13. The Morgan fingerprint density at radius 3 is 2.54 bits per heavy atom. The van der Waals surface area contributed by atoms with Gasteiger partial charge in [0.05, 0.1) is 17.1 Å². The van der Waals surface area contributed by atoms with Gasteiger partial charge >= 0.3 is 0 Å². The Bertz CT molecular complexity index is 862. The normalized spacial score (nSPS) is 10.6. The van der Waals surface area contributed by atoms with E-state index in [1.807, 2.05) is 0 Å². The maximum atomic E-state index is 12.4. The van der Waals surface area contributed by atoms with Crippen LogP contribution in [0.5, 0.6) is 0 Å². The Morgan fingerprint density at radius 1 is 1.12 bits per heavy atom. The molecule has 0 unspecified atom stereocenters. The Hall–Kier alpha value is -2.37. The lowest BCUT2D eigenvalue weighted by Crippen LogP contribution is -2.26. The number of amides is 1. The minimum atomic E-state index is -0.216. The molecule has 1 amide bonds. The molecule has 3 aromatic rings. The van der Waals surface area contributed by atoms with Gasteiger partial charge in [0, 0.05) is 17.6 Å². The van der Waals surface area contributed by atoms with Gasteiger partial charge < -0.3 is 9.42 Å². The van der Waals surface area contributed by atoms with Crippen LogP contribution in [0.1, 0.15) is 16.2 Å². The maximum Gasteiger partial charge on any atom is 0.255 e. The van der Waals surface area contributed by atoms with Gasteiger partial charge in [0.1, 0.15) is 0 Å². The van der Waals surface area contributed by atoms with Crippen molar-refractivity contribution in [1.29, 1.82) is 0 Å². The summed E-state index contributed by atoms with van der Waals surface area (Å²) in [5, 5.41) is 4.96. The summed E-state index contributed by atoms with van der Waals surface area (Å²) in [6.45, 7) is 0.185. The third-order valence-electron chi connectivity index (χ3n) is 3.39. The molecule has 0 atom stereocenters. The van der Waals surface area contributed by atoms with Crippen molar-refractivity contribution in [1.82, 2.24) is 15.0 Å². The summed E-state index contributed by atoms with van der Waals surface area (Å²) in [6, 6.07) is 14.0. The van der Waals surface area contributed by atoms with Crippen molar-refractivity contribution in [2.75, 3.05) is 7.05 Å². The van der Waals surface area contributed by atoms with Gasteiger partial charge in [-0.2, -0.15) is 4.98 Å². The zero-order valence-corrected chi connectivity index (χ0v) is 14.3. The van der Waals surface area contributed by atoms with Gasteiger partial charge in [0.15, 0.2) is 0 Å². The SMILES string of the molecule is CN(Cc1nc(-c2ccc(Cl)cc2)no1)C(=O)c1ccccc1Cl. The molecule has 0 aliphatic rings. The largest absolute Gasteiger partial charge is 0.337 e. The summed E-state index contributed by atoms with van der Waals surface area (Å²) in [5.41, 5.74) is 1.22. The highest BCUT2D eigenvalue weighted by Gasteiger charge is 2.18. The molecule has 7 heteroatoms. The molecule has 1 heterocycles. The summed E-state index contributed by atoms with van der Waals surface area (Å²) in [7, 11) is 1.65. The van der Waals surface area contributed by atoms with Crippen LogP contribution in [0.3, 0.4) is 0 Å². The standard InChI is InChI=1S/C17H13Cl2N3O2/c1-22(17(23)13-4-2-3-5-14(13)19)10-15-20-16(21-24-15)11-6-8-12(18)9-7-11/h2-9H,10H2,1H3. The van der Waals surface area contributed by atoms with Gasteiger partial charge in [-0.15, -0.1) is 0 Å². The van der Waals surface area contributed by atoms with Crippen LogP contribution in [0.4, 0.5) is 0 Å². The van der Waals surface area contributed by atoms with E-state index in [-0.39, 0.29) is 12.5 Å². The zero-order valence-electron chi connectivity index (χ0n) is 12.7. The number of halogens is 2. The fourth-order valence-corrected chi connectivity index (χ4v) is 2.49. The van der Waals surface area contributed by atoms with E-state index in [2.05, 4.69) is 10.1 Å². The first-order valence-corrected chi connectivity index (χ1v) is 7.88. The summed E-state index contributed by atoms with van der Waals surface area (Å²) in [5.74, 6) is 0.565.